The largest absolute Gasteiger partial charge is 0.480 e. The lowest BCUT2D eigenvalue weighted by atomic mass is 9.74. The van der Waals surface area contributed by atoms with Gasteiger partial charge in [-0.1, -0.05) is 96.8 Å². The summed E-state index contributed by atoms with van der Waals surface area (Å²) in [5.41, 5.74) is 2.62. The predicted octanol–water partition coefficient (Wildman–Crippen LogP) is 4.32. The van der Waals surface area contributed by atoms with Crippen LogP contribution >= 0.6 is 0 Å². The van der Waals surface area contributed by atoms with Crippen molar-refractivity contribution in [3.05, 3.63) is 0 Å². The molecule has 12 heteroatoms. The van der Waals surface area contributed by atoms with Crippen LogP contribution in [0, 0.1) is 11.3 Å². The third kappa shape index (κ3) is 14.1. The number of primary amides is 1. The summed E-state index contributed by atoms with van der Waals surface area (Å²) < 4.78 is 37.0. The minimum Gasteiger partial charge on any atom is -0.480 e. The molecule has 0 aromatic heterocycles. The zero-order valence-corrected chi connectivity index (χ0v) is 23.7. The van der Waals surface area contributed by atoms with Crippen LogP contribution in [0.15, 0.2) is 0 Å². The maximum Gasteiger partial charge on any atom is 0.327 e. The van der Waals surface area contributed by atoms with Crippen LogP contribution in [-0.2, 0) is 34.0 Å². The average Bonchev–Trinajstić information content (AvgIpc) is 2.82. The number of rotatable bonds is 24. The number of carbonyl (C=O) groups excluding carboxylic acids is 2. The van der Waals surface area contributed by atoms with Gasteiger partial charge in [0, 0.05) is 5.92 Å². The Morgan fingerprint density at radius 1 is 0.789 bits per heavy atom. The highest BCUT2D eigenvalue weighted by Crippen LogP contribution is 2.33. The zero-order valence-electron chi connectivity index (χ0n) is 22.9. The molecule has 0 rings (SSSR count). The lowest BCUT2D eigenvalue weighted by Crippen LogP contribution is -2.46. The van der Waals surface area contributed by atoms with Gasteiger partial charge in [0.2, 0.25) is 5.91 Å². The first-order valence-electron chi connectivity index (χ1n) is 13.7. The molecule has 0 aliphatic heterocycles. The fourth-order valence-corrected chi connectivity index (χ4v) is 5.02. The van der Waals surface area contributed by atoms with Gasteiger partial charge in [-0.2, -0.15) is 8.42 Å². The molecule has 0 aromatic rings. The van der Waals surface area contributed by atoms with Crippen LogP contribution in [0.2, 0.25) is 0 Å². The van der Waals surface area contributed by atoms with Crippen molar-refractivity contribution in [2.45, 2.75) is 122 Å². The minimum atomic E-state index is -5.03. The first kappa shape index (κ1) is 35.8. The molecule has 2 unspecified atom stereocenters. The Hall–Kier alpha value is -2.21. The first-order chi connectivity index (χ1) is 17.8. The molecule has 38 heavy (non-hydrogen) atoms. The molecule has 0 saturated heterocycles. The Bertz CT molecular complexity index is 829. The molecule has 0 heterocycles. The van der Waals surface area contributed by atoms with E-state index in [4.69, 9.17) is 10.5 Å². The molecule has 11 nitrogen and oxygen atoms in total. The van der Waals surface area contributed by atoms with E-state index in [2.05, 4.69) is 6.92 Å². The van der Waals surface area contributed by atoms with Crippen molar-refractivity contribution in [3.8, 4) is 0 Å². The lowest BCUT2D eigenvalue weighted by molar-refractivity contribution is -0.172. The second kappa shape index (κ2) is 18.9. The summed E-state index contributed by atoms with van der Waals surface area (Å²) >= 11 is 0. The number of hydrogen-bond acceptors (Lipinski definition) is 7. The summed E-state index contributed by atoms with van der Waals surface area (Å²) in [5, 5.41) is 16.9. The monoisotopic (exact) mass is 565 g/mol. The Labute approximate surface area is 226 Å². The average molecular weight is 566 g/mol. The number of carbonyl (C=O) groups is 4. The SMILES string of the molecule is CCCCCCCCCCCCCCCCC(COC(=O)C(CC(N)=O)S(=O)(=O)O)C(C)(C(=O)O)C(=O)O. The van der Waals surface area contributed by atoms with Gasteiger partial charge < -0.3 is 20.7 Å². The van der Waals surface area contributed by atoms with Crippen molar-refractivity contribution in [2.24, 2.45) is 17.1 Å². The van der Waals surface area contributed by atoms with E-state index in [0.717, 1.165) is 39.0 Å². The molecular weight excluding hydrogens is 518 g/mol. The number of carboxylic acids is 2. The molecule has 1 amide bonds. The molecule has 0 aliphatic carbocycles. The Morgan fingerprint density at radius 3 is 1.53 bits per heavy atom. The van der Waals surface area contributed by atoms with Crippen LogP contribution < -0.4 is 5.73 Å². The van der Waals surface area contributed by atoms with Crippen molar-refractivity contribution < 1.29 is 47.1 Å². The van der Waals surface area contributed by atoms with Crippen molar-refractivity contribution in [3.63, 3.8) is 0 Å². The van der Waals surface area contributed by atoms with E-state index in [-0.39, 0.29) is 6.42 Å². The van der Waals surface area contributed by atoms with Gasteiger partial charge in [-0.15, -0.1) is 0 Å². The number of aliphatic carboxylic acids is 2. The number of amides is 1. The molecule has 0 aromatic carbocycles. The highest BCUT2D eigenvalue weighted by atomic mass is 32.2. The number of esters is 1. The maximum absolute atomic E-state index is 12.2. The van der Waals surface area contributed by atoms with Crippen molar-refractivity contribution in [1.29, 1.82) is 0 Å². The van der Waals surface area contributed by atoms with E-state index in [9.17, 15) is 42.4 Å². The smallest absolute Gasteiger partial charge is 0.327 e. The molecule has 0 fully saturated rings. The van der Waals surface area contributed by atoms with Crippen LogP contribution in [0.25, 0.3) is 0 Å². The predicted molar refractivity (Wildman–Crippen MR) is 142 cm³/mol. The van der Waals surface area contributed by atoms with Crippen LogP contribution in [0.1, 0.15) is 117 Å². The van der Waals surface area contributed by atoms with Gasteiger partial charge in [0.1, 0.15) is 0 Å². The molecule has 0 spiro atoms. The fourth-order valence-electron chi connectivity index (χ4n) is 4.33. The van der Waals surface area contributed by atoms with E-state index in [0.29, 0.717) is 6.42 Å². The van der Waals surface area contributed by atoms with Gasteiger partial charge >= 0.3 is 17.9 Å². The fraction of sp³-hybridized carbons (Fsp3) is 0.846. The normalized spacial score (nSPS) is 13.6. The summed E-state index contributed by atoms with van der Waals surface area (Å²) in [6, 6.07) is 0. The molecule has 222 valence electrons. The second-order valence-electron chi connectivity index (χ2n) is 10.2. The van der Waals surface area contributed by atoms with Gasteiger partial charge in [0.05, 0.1) is 13.0 Å². The number of unbranched alkanes of at least 4 members (excludes halogenated alkanes) is 13. The quantitative estimate of drug-likeness (QED) is 0.0565. The first-order valence-corrected chi connectivity index (χ1v) is 15.2. The highest BCUT2D eigenvalue weighted by Gasteiger charge is 2.49. The van der Waals surface area contributed by atoms with Crippen molar-refractivity contribution in [2.75, 3.05) is 6.61 Å². The van der Waals surface area contributed by atoms with E-state index < -0.39 is 63.5 Å². The van der Waals surface area contributed by atoms with Crippen molar-refractivity contribution >= 4 is 33.9 Å². The molecule has 0 radical (unpaired) electrons. The van der Waals surface area contributed by atoms with E-state index in [1.54, 1.807) is 0 Å². The molecule has 5 N–H and O–H groups in total. The summed E-state index contributed by atoms with van der Waals surface area (Å²) in [7, 11) is -5.03. The molecular formula is C26H47NO10S. The highest BCUT2D eigenvalue weighted by molar-refractivity contribution is 7.87. The number of ether oxygens (including phenoxy) is 1. The topological polar surface area (TPSA) is 198 Å². The third-order valence-corrected chi connectivity index (χ3v) is 8.13. The van der Waals surface area contributed by atoms with Gasteiger partial charge in [-0.25, -0.2) is 0 Å². The van der Waals surface area contributed by atoms with Crippen molar-refractivity contribution in [1.82, 2.24) is 0 Å². The standard InChI is InChI=1S/C26H47NO10S/c1-3-4-5-6-7-8-9-10-11-12-13-14-15-16-17-20(26(2,24(30)31)25(32)33)19-37-23(29)21(18-22(27)28)38(34,35)36/h20-21H,3-19H2,1-2H3,(H2,27,28)(H,30,31)(H,32,33)(H,34,35,36). The van der Waals surface area contributed by atoms with E-state index >= 15 is 0 Å². The summed E-state index contributed by atoms with van der Waals surface area (Å²) in [5.74, 6) is -7.10. The number of carboxylic acid groups (broad SMARTS) is 2. The second-order valence-corrected chi connectivity index (χ2v) is 11.8. The molecule has 0 saturated carbocycles. The van der Waals surface area contributed by atoms with Gasteiger partial charge in [0.15, 0.2) is 10.7 Å². The number of hydrogen-bond donors (Lipinski definition) is 4. The van der Waals surface area contributed by atoms with Crippen LogP contribution in [0.4, 0.5) is 0 Å². The Kier molecular flexibility index (Phi) is 17.8. The summed E-state index contributed by atoms with van der Waals surface area (Å²) in [6.45, 7) is 2.50. The molecule has 0 aliphatic rings. The minimum absolute atomic E-state index is 0.104. The lowest BCUT2D eigenvalue weighted by Gasteiger charge is -2.30. The Balaban J connectivity index is 4.71. The number of nitrogens with two attached hydrogens (primary N) is 1. The van der Waals surface area contributed by atoms with E-state index in [1.807, 2.05) is 0 Å². The van der Waals surface area contributed by atoms with Crippen LogP contribution in [0.5, 0.6) is 0 Å². The third-order valence-electron chi connectivity index (χ3n) is 7.05. The Morgan fingerprint density at radius 2 is 1.18 bits per heavy atom. The maximum atomic E-state index is 12.2. The summed E-state index contributed by atoms with van der Waals surface area (Å²) in [6.07, 6.45) is 14.6. The summed E-state index contributed by atoms with van der Waals surface area (Å²) in [4.78, 5) is 46.9. The zero-order chi connectivity index (χ0) is 29.2. The van der Waals surface area contributed by atoms with Gasteiger partial charge in [0.25, 0.3) is 10.1 Å². The molecule has 2 atom stereocenters. The van der Waals surface area contributed by atoms with Crippen LogP contribution in [-0.4, -0.2) is 58.9 Å². The van der Waals surface area contributed by atoms with Gasteiger partial charge in [-0.05, 0) is 13.3 Å². The van der Waals surface area contributed by atoms with Gasteiger partial charge in [-0.3, -0.25) is 23.7 Å². The molecule has 0 bridgehead atoms. The van der Waals surface area contributed by atoms with Crippen LogP contribution in [0.3, 0.4) is 0 Å². The van der Waals surface area contributed by atoms with E-state index in [1.165, 1.54) is 51.4 Å².